The average Bonchev–Trinajstić information content (AvgIpc) is 2.79. The van der Waals surface area contributed by atoms with Crippen molar-refractivity contribution in [3.05, 3.63) is 63.6 Å². The molecule has 0 heterocycles. The highest BCUT2D eigenvalue weighted by Crippen LogP contribution is 2.26. The highest BCUT2D eigenvalue weighted by Gasteiger charge is 2.21. The van der Waals surface area contributed by atoms with Crippen LogP contribution in [0.15, 0.2) is 47.4 Å². The molecular formula is C22H25Cl2N3O5S2. The molecule has 0 saturated carbocycles. The minimum atomic E-state index is -3.99. The highest BCUT2D eigenvalue weighted by molar-refractivity contribution is 7.92. The minimum Gasteiger partial charge on any atom is -0.490 e. The van der Waals surface area contributed by atoms with Crippen molar-refractivity contribution in [2.75, 3.05) is 33.9 Å². The third kappa shape index (κ3) is 8.77. The molecule has 0 atom stereocenters. The van der Waals surface area contributed by atoms with Crippen LogP contribution in [0.25, 0.3) is 6.08 Å². The summed E-state index contributed by atoms with van der Waals surface area (Å²) in [5.41, 5.74) is 1.34. The van der Waals surface area contributed by atoms with E-state index < -0.39 is 10.0 Å². The van der Waals surface area contributed by atoms with Crippen LogP contribution in [0.4, 0.5) is 0 Å². The number of carbonyl (C=O) groups excluding carboxylic acids is 1. The molecule has 2 aromatic carbocycles. The van der Waals surface area contributed by atoms with Gasteiger partial charge in [-0.15, -0.1) is 0 Å². The maximum Gasteiger partial charge on any atom is 0.267 e. The lowest BCUT2D eigenvalue weighted by atomic mass is 10.1. The Kier molecular flexibility index (Phi) is 11.1. The second-order valence-corrected chi connectivity index (χ2v) is 9.75. The number of thiocarbonyl (C=S) groups is 1. The van der Waals surface area contributed by atoms with Crippen molar-refractivity contribution >= 4 is 62.5 Å². The van der Waals surface area contributed by atoms with Gasteiger partial charge in [-0.1, -0.05) is 35.3 Å². The fourth-order valence-electron chi connectivity index (χ4n) is 2.69. The average molecular weight is 546 g/mol. The Labute approximate surface area is 214 Å². The van der Waals surface area contributed by atoms with Gasteiger partial charge in [-0.05, 0) is 60.1 Å². The van der Waals surface area contributed by atoms with Crippen molar-refractivity contribution in [1.29, 1.82) is 0 Å². The summed E-state index contributed by atoms with van der Waals surface area (Å²) in [5.74, 6) is -0.154. The smallest absolute Gasteiger partial charge is 0.267 e. The molecule has 3 N–H and O–H groups in total. The summed E-state index contributed by atoms with van der Waals surface area (Å²) in [6, 6.07) is 9.75. The van der Waals surface area contributed by atoms with Gasteiger partial charge in [0.25, 0.3) is 10.0 Å². The molecule has 0 spiro atoms. The molecule has 1 amide bonds. The molecule has 0 aliphatic rings. The highest BCUT2D eigenvalue weighted by atomic mass is 35.5. The molecule has 0 aliphatic heterocycles. The Morgan fingerprint density at radius 2 is 1.91 bits per heavy atom. The lowest BCUT2D eigenvalue weighted by molar-refractivity contribution is -0.116. The van der Waals surface area contributed by atoms with Crippen LogP contribution in [-0.4, -0.2) is 53.4 Å². The second-order valence-electron chi connectivity index (χ2n) is 6.85. The van der Waals surface area contributed by atoms with E-state index in [0.29, 0.717) is 34.2 Å². The number of sulfonamides is 1. The van der Waals surface area contributed by atoms with E-state index in [1.807, 2.05) is 0 Å². The molecule has 2 aromatic rings. The van der Waals surface area contributed by atoms with Crippen LogP contribution in [-0.2, 0) is 26.0 Å². The standard InChI is InChI=1S/C22H25Cl2N3O5S2/c1-25-22(33)27-34(29,30)20-13-15(3-7-19(20)32-12-11-31-2)9-10-26-21(28)8-5-16-4-6-17(23)14-18(16)24/h3-8,13-14H,9-12H2,1-2H3,(H,26,28)(H2,25,27,33). The van der Waals surface area contributed by atoms with E-state index in [2.05, 4.69) is 15.4 Å². The van der Waals surface area contributed by atoms with Gasteiger partial charge in [0.2, 0.25) is 5.91 Å². The van der Waals surface area contributed by atoms with Crippen molar-refractivity contribution < 1.29 is 22.7 Å². The van der Waals surface area contributed by atoms with Crippen LogP contribution in [0.2, 0.25) is 10.0 Å². The number of halogens is 2. The number of hydrogen-bond donors (Lipinski definition) is 3. The van der Waals surface area contributed by atoms with Gasteiger partial charge in [-0.3, -0.25) is 9.52 Å². The number of methoxy groups -OCH3 is 1. The van der Waals surface area contributed by atoms with Crippen LogP contribution in [0.5, 0.6) is 5.75 Å². The largest absolute Gasteiger partial charge is 0.490 e. The number of nitrogens with one attached hydrogen (secondary N) is 3. The Morgan fingerprint density at radius 3 is 2.59 bits per heavy atom. The maximum absolute atomic E-state index is 12.8. The SMILES string of the molecule is CNC(=S)NS(=O)(=O)c1cc(CCNC(=O)C=Cc2ccc(Cl)cc2Cl)ccc1OCCOC. The van der Waals surface area contributed by atoms with Crippen LogP contribution in [0, 0.1) is 0 Å². The third-order valence-corrected chi connectivity index (χ3v) is 6.76. The first-order valence-electron chi connectivity index (χ1n) is 10.1. The number of rotatable bonds is 11. The number of ether oxygens (including phenoxy) is 2. The predicted octanol–water partition coefficient (Wildman–Crippen LogP) is 3.17. The van der Waals surface area contributed by atoms with Gasteiger partial charge in [-0.25, -0.2) is 8.42 Å². The van der Waals surface area contributed by atoms with Crippen LogP contribution in [0.3, 0.4) is 0 Å². The number of carbonyl (C=O) groups is 1. The Morgan fingerprint density at radius 1 is 1.15 bits per heavy atom. The molecule has 0 saturated heterocycles. The van der Waals surface area contributed by atoms with Crippen LogP contribution >= 0.6 is 35.4 Å². The van der Waals surface area contributed by atoms with E-state index in [0.717, 1.165) is 0 Å². The van der Waals surface area contributed by atoms with Gasteiger partial charge in [0.1, 0.15) is 17.3 Å². The topological polar surface area (TPSA) is 106 Å². The van der Waals surface area contributed by atoms with Crippen LogP contribution < -0.4 is 20.1 Å². The fraction of sp³-hybridized carbons (Fsp3) is 0.273. The summed E-state index contributed by atoms with van der Waals surface area (Å²) in [6.45, 7) is 0.752. The maximum atomic E-state index is 12.8. The first kappa shape index (κ1) is 27.9. The molecule has 0 aliphatic carbocycles. The van der Waals surface area contributed by atoms with Crippen molar-refractivity contribution in [3.8, 4) is 5.75 Å². The summed E-state index contributed by atoms with van der Waals surface area (Å²) in [6.07, 6.45) is 3.33. The molecule has 34 heavy (non-hydrogen) atoms. The number of hydrogen-bond acceptors (Lipinski definition) is 6. The van der Waals surface area contributed by atoms with E-state index in [1.54, 1.807) is 36.4 Å². The molecule has 0 radical (unpaired) electrons. The minimum absolute atomic E-state index is 0.0481. The summed E-state index contributed by atoms with van der Waals surface area (Å²) in [7, 11) is -0.962. The zero-order chi connectivity index (χ0) is 25.1. The Bertz CT molecular complexity index is 1160. The quantitative estimate of drug-likeness (QED) is 0.226. The van der Waals surface area contributed by atoms with E-state index >= 15 is 0 Å². The van der Waals surface area contributed by atoms with Gasteiger partial charge in [0.15, 0.2) is 5.11 Å². The molecule has 0 aromatic heterocycles. The zero-order valence-electron chi connectivity index (χ0n) is 18.6. The second kappa shape index (κ2) is 13.5. The molecule has 0 bridgehead atoms. The Balaban J connectivity index is 2.07. The first-order valence-corrected chi connectivity index (χ1v) is 12.7. The number of benzene rings is 2. The Hall–Kier alpha value is -2.37. The third-order valence-electron chi connectivity index (χ3n) is 4.39. The van der Waals surface area contributed by atoms with Gasteiger partial charge in [0, 0.05) is 36.8 Å². The van der Waals surface area contributed by atoms with Crippen molar-refractivity contribution in [1.82, 2.24) is 15.4 Å². The summed E-state index contributed by atoms with van der Waals surface area (Å²) >= 11 is 16.9. The molecule has 12 heteroatoms. The van der Waals surface area contributed by atoms with Gasteiger partial charge >= 0.3 is 0 Å². The normalized spacial score (nSPS) is 11.3. The first-order chi connectivity index (χ1) is 16.2. The molecule has 2 rings (SSSR count). The fourth-order valence-corrected chi connectivity index (χ4v) is 4.65. The van der Waals surface area contributed by atoms with Gasteiger partial charge in [0.05, 0.1) is 6.61 Å². The van der Waals surface area contributed by atoms with Crippen molar-refractivity contribution in [3.63, 3.8) is 0 Å². The zero-order valence-corrected chi connectivity index (χ0v) is 21.7. The van der Waals surface area contributed by atoms with E-state index in [4.69, 9.17) is 44.9 Å². The molecule has 0 unspecified atom stereocenters. The predicted molar refractivity (Wildman–Crippen MR) is 138 cm³/mol. The van der Waals surface area contributed by atoms with Crippen molar-refractivity contribution in [2.24, 2.45) is 0 Å². The van der Waals surface area contributed by atoms with Crippen molar-refractivity contribution in [2.45, 2.75) is 11.3 Å². The van der Waals surface area contributed by atoms with E-state index in [-0.39, 0.29) is 34.8 Å². The lowest BCUT2D eigenvalue weighted by Crippen LogP contribution is -2.37. The van der Waals surface area contributed by atoms with Gasteiger partial charge in [-0.2, -0.15) is 0 Å². The summed E-state index contributed by atoms with van der Waals surface area (Å²) < 4.78 is 38.4. The molecule has 8 nitrogen and oxygen atoms in total. The molecule has 0 fully saturated rings. The van der Waals surface area contributed by atoms with Crippen LogP contribution in [0.1, 0.15) is 11.1 Å². The molecular weight excluding hydrogens is 521 g/mol. The van der Waals surface area contributed by atoms with E-state index in [9.17, 15) is 13.2 Å². The summed E-state index contributed by atoms with van der Waals surface area (Å²) in [5, 5.41) is 6.21. The van der Waals surface area contributed by atoms with Gasteiger partial charge < -0.3 is 20.1 Å². The molecule has 184 valence electrons. The lowest BCUT2D eigenvalue weighted by Gasteiger charge is -2.15. The number of amides is 1. The summed E-state index contributed by atoms with van der Waals surface area (Å²) in [4.78, 5) is 12.1. The monoisotopic (exact) mass is 545 g/mol. The van der Waals surface area contributed by atoms with E-state index in [1.165, 1.54) is 26.3 Å².